The van der Waals surface area contributed by atoms with E-state index in [4.69, 9.17) is 9.96 Å². The minimum Gasteiger partial charge on any atom is -0.415 e. The Morgan fingerprint density at radius 2 is 2.13 bits per heavy atom. The fraction of sp³-hybridized carbons (Fsp3) is 0.526. The van der Waals surface area contributed by atoms with Crippen LogP contribution < -0.4 is 5.32 Å². The second-order valence-corrected chi connectivity index (χ2v) is 13.4. The van der Waals surface area contributed by atoms with Gasteiger partial charge in [-0.25, -0.2) is 0 Å². The van der Waals surface area contributed by atoms with Crippen LogP contribution in [0.1, 0.15) is 26.3 Å². The van der Waals surface area contributed by atoms with E-state index in [2.05, 4.69) is 54.3 Å². The molecule has 0 saturated carbocycles. The lowest BCUT2D eigenvalue weighted by atomic mass is 10.2. The molecule has 11 heteroatoms. The first-order valence-corrected chi connectivity index (χ1v) is 12.7. The molecule has 1 aromatic carbocycles. The van der Waals surface area contributed by atoms with Gasteiger partial charge in [0.15, 0.2) is 8.32 Å². The molecule has 0 bridgehead atoms. The SMILES string of the molecule is CC(C)(C)[Si](C)(C)OCCn1cc(CCNc2ccc(N=[N+]=[N-])cc2[N+](=O)[O-])cn1. The molecular formula is C19H29N7O3Si. The van der Waals surface area contributed by atoms with Crippen molar-refractivity contribution < 1.29 is 9.35 Å². The number of anilines is 1. The van der Waals surface area contributed by atoms with E-state index >= 15 is 0 Å². The van der Waals surface area contributed by atoms with Gasteiger partial charge in [0.05, 0.1) is 24.3 Å². The number of nitro benzene ring substituents is 1. The summed E-state index contributed by atoms with van der Waals surface area (Å²) in [6.07, 6.45) is 4.43. The fourth-order valence-corrected chi connectivity index (χ4v) is 3.58. The molecule has 0 amide bonds. The number of hydrogen-bond acceptors (Lipinski definition) is 6. The summed E-state index contributed by atoms with van der Waals surface area (Å²) in [4.78, 5) is 13.4. The molecule has 0 radical (unpaired) electrons. The van der Waals surface area contributed by atoms with Gasteiger partial charge in [-0.2, -0.15) is 5.10 Å². The maximum absolute atomic E-state index is 11.3. The van der Waals surface area contributed by atoms with Gasteiger partial charge in [0.2, 0.25) is 0 Å². The van der Waals surface area contributed by atoms with E-state index in [0.29, 0.717) is 31.8 Å². The maximum Gasteiger partial charge on any atom is 0.292 e. The molecule has 162 valence electrons. The van der Waals surface area contributed by atoms with Crippen LogP contribution in [0.4, 0.5) is 17.1 Å². The van der Waals surface area contributed by atoms with Crippen LogP contribution in [0.5, 0.6) is 0 Å². The lowest BCUT2D eigenvalue weighted by molar-refractivity contribution is -0.383. The van der Waals surface area contributed by atoms with Crippen molar-refractivity contribution in [2.24, 2.45) is 5.11 Å². The normalized spacial score (nSPS) is 11.8. The Morgan fingerprint density at radius 3 is 2.77 bits per heavy atom. The fourth-order valence-electron chi connectivity index (χ4n) is 2.54. The van der Waals surface area contributed by atoms with Gasteiger partial charge in [0, 0.05) is 29.4 Å². The van der Waals surface area contributed by atoms with Crippen LogP contribution in [-0.2, 0) is 17.4 Å². The first kappa shape index (κ1) is 23.4. The molecule has 0 fully saturated rings. The van der Waals surface area contributed by atoms with Crippen molar-refractivity contribution in [2.45, 2.75) is 51.9 Å². The highest BCUT2D eigenvalue weighted by Crippen LogP contribution is 2.36. The largest absolute Gasteiger partial charge is 0.415 e. The van der Waals surface area contributed by atoms with E-state index in [9.17, 15) is 10.1 Å². The summed E-state index contributed by atoms with van der Waals surface area (Å²) in [7, 11) is -1.77. The van der Waals surface area contributed by atoms with Crippen LogP contribution in [0.3, 0.4) is 0 Å². The molecule has 2 rings (SSSR count). The van der Waals surface area contributed by atoms with E-state index in [1.54, 1.807) is 12.3 Å². The summed E-state index contributed by atoms with van der Waals surface area (Å²) in [5.74, 6) is 0. The van der Waals surface area contributed by atoms with Crippen molar-refractivity contribution in [3.63, 3.8) is 0 Å². The van der Waals surface area contributed by atoms with E-state index < -0.39 is 13.2 Å². The zero-order valence-corrected chi connectivity index (χ0v) is 19.1. The number of hydrogen-bond donors (Lipinski definition) is 1. The predicted octanol–water partition coefficient (Wildman–Crippen LogP) is 5.41. The quantitative estimate of drug-likeness (QED) is 0.134. The van der Waals surface area contributed by atoms with Crippen LogP contribution in [0.15, 0.2) is 35.7 Å². The lowest BCUT2D eigenvalue weighted by Crippen LogP contribution is -2.41. The molecule has 1 N–H and O–H groups in total. The number of nitro groups is 1. The topological polar surface area (TPSA) is 131 Å². The highest BCUT2D eigenvalue weighted by molar-refractivity contribution is 6.74. The van der Waals surface area contributed by atoms with Crippen LogP contribution in [0.25, 0.3) is 10.4 Å². The average Bonchev–Trinajstić information content (AvgIpc) is 3.09. The molecule has 2 aromatic rings. The zero-order chi connectivity index (χ0) is 22.4. The van der Waals surface area contributed by atoms with Gasteiger partial charge < -0.3 is 9.74 Å². The Bertz CT molecular complexity index is 930. The smallest absolute Gasteiger partial charge is 0.292 e. The van der Waals surface area contributed by atoms with Gasteiger partial charge in [-0.3, -0.25) is 14.8 Å². The molecule has 10 nitrogen and oxygen atoms in total. The Balaban J connectivity index is 1.88. The molecule has 0 unspecified atom stereocenters. The third kappa shape index (κ3) is 6.31. The van der Waals surface area contributed by atoms with Crippen molar-refractivity contribution in [1.29, 1.82) is 0 Å². The third-order valence-electron chi connectivity index (χ3n) is 5.34. The number of nitrogens with one attached hydrogen (secondary N) is 1. The summed E-state index contributed by atoms with van der Waals surface area (Å²) in [6.45, 7) is 12.9. The molecular weight excluding hydrogens is 402 g/mol. The molecule has 0 aliphatic carbocycles. The standard InChI is InChI=1S/C19H29N7O3Si/c1-19(2,3)30(4,5)29-11-10-25-14-15(13-22-25)8-9-21-17-7-6-16(23-24-20)12-18(17)26(27)28/h6-7,12-14,21H,8-11H2,1-5H3. The lowest BCUT2D eigenvalue weighted by Gasteiger charge is -2.36. The van der Waals surface area contributed by atoms with Crippen LogP contribution in [-0.4, -0.2) is 36.2 Å². The number of benzene rings is 1. The molecule has 0 aliphatic rings. The Morgan fingerprint density at radius 1 is 1.40 bits per heavy atom. The monoisotopic (exact) mass is 431 g/mol. The first-order valence-electron chi connectivity index (χ1n) is 9.76. The summed E-state index contributed by atoms with van der Waals surface area (Å²) in [5, 5.41) is 22.3. The number of aromatic nitrogens is 2. The summed E-state index contributed by atoms with van der Waals surface area (Å²) >= 11 is 0. The Labute approximate surface area is 177 Å². The summed E-state index contributed by atoms with van der Waals surface area (Å²) in [5.41, 5.74) is 9.97. The van der Waals surface area contributed by atoms with Gasteiger partial charge >= 0.3 is 0 Å². The number of azide groups is 1. The number of nitrogens with zero attached hydrogens (tertiary/aromatic N) is 6. The first-order chi connectivity index (χ1) is 14.0. The van der Waals surface area contributed by atoms with E-state index in [0.717, 1.165) is 5.56 Å². The van der Waals surface area contributed by atoms with Crippen molar-refractivity contribution in [2.75, 3.05) is 18.5 Å². The molecule has 0 atom stereocenters. The van der Waals surface area contributed by atoms with Crippen LogP contribution >= 0.6 is 0 Å². The Kier molecular flexibility index (Phi) is 7.60. The molecule has 0 saturated heterocycles. The maximum atomic E-state index is 11.3. The molecule has 0 spiro atoms. The molecule has 0 aliphatic heterocycles. The van der Waals surface area contributed by atoms with Gasteiger partial charge in [-0.05, 0) is 41.7 Å². The summed E-state index contributed by atoms with van der Waals surface area (Å²) in [6, 6.07) is 4.34. The Hall–Kier alpha value is -2.88. The van der Waals surface area contributed by atoms with Crippen LogP contribution in [0, 0.1) is 10.1 Å². The second kappa shape index (κ2) is 9.75. The van der Waals surface area contributed by atoms with Crippen molar-refractivity contribution in [3.05, 3.63) is 56.7 Å². The number of rotatable bonds is 10. The van der Waals surface area contributed by atoms with E-state index in [1.165, 1.54) is 12.1 Å². The van der Waals surface area contributed by atoms with Gasteiger partial charge in [-0.1, -0.05) is 32.0 Å². The minimum absolute atomic E-state index is 0.127. The van der Waals surface area contributed by atoms with Gasteiger partial charge in [0.1, 0.15) is 5.69 Å². The second-order valence-electron chi connectivity index (χ2n) is 8.55. The molecule has 1 aromatic heterocycles. The van der Waals surface area contributed by atoms with Gasteiger partial charge in [-0.15, -0.1) is 0 Å². The highest BCUT2D eigenvalue weighted by atomic mass is 28.4. The van der Waals surface area contributed by atoms with Crippen molar-refractivity contribution in [1.82, 2.24) is 9.78 Å². The highest BCUT2D eigenvalue weighted by Gasteiger charge is 2.36. The average molecular weight is 432 g/mol. The van der Waals surface area contributed by atoms with Crippen molar-refractivity contribution >= 4 is 25.4 Å². The van der Waals surface area contributed by atoms with E-state index in [-0.39, 0.29) is 16.4 Å². The predicted molar refractivity (Wildman–Crippen MR) is 119 cm³/mol. The molecule has 30 heavy (non-hydrogen) atoms. The summed E-state index contributed by atoms with van der Waals surface area (Å²) < 4.78 is 8.04. The third-order valence-corrected chi connectivity index (χ3v) is 9.88. The van der Waals surface area contributed by atoms with Gasteiger partial charge in [0.25, 0.3) is 5.69 Å². The van der Waals surface area contributed by atoms with Crippen LogP contribution in [0.2, 0.25) is 18.1 Å². The van der Waals surface area contributed by atoms with Crippen molar-refractivity contribution in [3.8, 4) is 0 Å². The zero-order valence-electron chi connectivity index (χ0n) is 18.1. The minimum atomic E-state index is -1.77. The van der Waals surface area contributed by atoms with E-state index in [1.807, 2.05) is 10.9 Å². The molecule has 1 heterocycles.